The van der Waals surface area contributed by atoms with E-state index in [2.05, 4.69) is 128 Å². The van der Waals surface area contributed by atoms with Crippen LogP contribution in [0.2, 0.25) is 0 Å². The highest BCUT2D eigenvalue weighted by atomic mass is 15.0. The number of hydrogen-bond donors (Lipinski definition) is 0. The zero-order valence-corrected chi connectivity index (χ0v) is 22.5. The highest BCUT2D eigenvalue weighted by Gasteiger charge is 2.40. The van der Waals surface area contributed by atoms with Gasteiger partial charge in [0.1, 0.15) is 0 Å². The van der Waals surface area contributed by atoms with Crippen molar-refractivity contribution in [3.63, 3.8) is 0 Å². The molecule has 0 fully saturated rings. The first-order valence-electron chi connectivity index (χ1n) is 13.8. The van der Waals surface area contributed by atoms with Crippen molar-refractivity contribution < 1.29 is 0 Å². The second-order valence-corrected chi connectivity index (χ2v) is 11.1. The molecule has 0 unspecified atom stereocenters. The third-order valence-electron chi connectivity index (χ3n) is 8.38. The normalized spacial score (nSPS) is 13.4. The van der Waals surface area contributed by atoms with Gasteiger partial charge < -0.3 is 4.57 Å². The molecule has 0 N–H and O–H groups in total. The van der Waals surface area contributed by atoms with E-state index in [0.717, 1.165) is 34.0 Å². The lowest BCUT2D eigenvalue weighted by Crippen LogP contribution is -2.17. The molecule has 0 saturated carbocycles. The number of hydrogen-bond acceptors (Lipinski definition) is 2. The van der Waals surface area contributed by atoms with E-state index in [-0.39, 0.29) is 5.41 Å². The van der Waals surface area contributed by atoms with Gasteiger partial charge in [-0.15, -0.1) is 0 Å². The first kappa shape index (κ1) is 22.9. The summed E-state index contributed by atoms with van der Waals surface area (Å²) in [4.78, 5) is 10.5. The van der Waals surface area contributed by atoms with Gasteiger partial charge in [0, 0.05) is 44.1 Å². The lowest BCUT2D eigenvalue weighted by molar-refractivity contribution is 0.658. The van der Waals surface area contributed by atoms with Gasteiger partial charge in [0.25, 0.3) is 0 Å². The zero-order chi connectivity index (χ0) is 26.8. The van der Waals surface area contributed by atoms with Crippen LogP contribution in [-0.2, 0) is 5.41 Å². The van der Waals surface area contributed by atoms with E-state index in [1.807, 2.05) is 18.2 Å². The average Bonchev–Trinajstić information content (AvgIpc) is 3.46. The molecule has 1 aliphatic rings. The molecular formula is C37H27N3. The van der Waals surface area contributed by atoms with Gasteiger partial charge >= 0.3 is 0 Å². The summed E-state index contributed by atoms with van der Waals surface area (Å²) in [5.41, 5.74) is 11.2. The predicted molar refractivity (Wildman–Crippen MR) is 165 cm³/mol. The Kier molecular flexibility index (Phi) is 4.86. The van der Waals surface area contributed by atoms with Crippen LogP contribution in [0, 0.1) is 0 Å². The number of nitrogens with zero attached hydrogens (tertiary/aromatic N) is 3. The van der Waals surface area contributed by atoms with Crippen LogP contribution in [0.1, 0.15) is 25.0 Å². The minimum absolute atomic E-state index is 0.219. The molecule has 0 saturated heterocycles. The lowest BCUT2D eigenvalue weighted by Gasteiger charge is -2.24. The lowest BCUT2D eigenvalue weighted by atomic mass is 9.80. The van der Waals surface area contributed by atoms with Crippen molar-refractivity contribution in [3.05, 3.63) is 139 Å². The summed E-state index contributed by atoms with van der Waals surface area (Å²) in [7, 11) is 0. The molecule has 0 aliphatic heterocycles. The van der Waals surface area contributed by atoms with Gasteiger partial charge in [0.15, 0.2) is 5.82 Å². The standard InChI is InChI=1S/C37H27N3/c1-37(2)30-19-11-9-18-28(30)35-33(37)34(38-36(39-35)24-13-5-3-6-14-24)25-21-22-32-29(23-25)27-17-10-12-20-31(27)40(32)26-15-7-4-8-16-26/h3-23H,1-2H3. The van der Waals surface area contributed by atoms with Crippen LogP contribution in [0.5, 0.6) is 0 Å². The molecule has 190 valence electrons. The monoisotopic (exact) mass is 513 g/mol. The largest absolute Gasteiger partial charge is 0.309 e. The van der Waals surface area contributed by atoms with Crippen molar-refractivity contribution in [2.24, 2.45) is 0 Å². The fourth-order valence-electron chi connectivity index (χ4n) is 6.52. The number of rotatable bonds is 3. The molecule has 0 atom stereocenters. The second kappa shape index (κ2) is 8.49. The van der Waals surface area contributed by atoms with Gasteiger partial charge in [-0.2, -0.15) is 0 Å². The number of fused-ring (bicyclic) bond motifs is 6. The van der Waals surface area contributed by atoms with Crippen molar-refractivity contribution in [2.75, 3.05) is 0 Å². The van der Waals surface area contributed by atoms with Crippen LogP contribution >= 0.6 is 0 Å². The van der Waals surface area contributed by atoms with Gasteiger partial charge in [-0.1, -0.05) is 111 Å². The van der Waals surface area contributed by atoms with Crippen LogP contribution in [0.15, 0.2) is 127 Å². The minimum atomic E-state index is -0.219. The Hall–Kier alpha value is -5.02. The van der Waals surface area contributed by atoms with Gasteiger partial charge in [0.05, 0.1) is 22.4 Å². The molecule has 7 aromatic rings. The number of aromatic nitrogens is 3. The number of para-hydroxylation sites is 2. The maximum Gasteiger partial charge on any atom is 0.160 e. The van der Waals surface area contributed by atoms with Crippen molar-refractivity contribution >= 4 is 21.8 Å². The third-order valence-corrected chi connectivity index (χ3v) is 8.38. The molecule has 1 aliphatic carbocycles. The topological polar surface area (TPSA) is 30.7 Å². The Morgan fingerprint density at radius 3 is 2.02 bits per heavy atom. The molecule has 0 amide bonds. The molecule has 2 aromatic heterocycles. The maximum atomic E-state index is 5.30. The Balaban J connectivity index is 1.44. The molecule has 5 aromatic carbocycles. The van der Waals surface area contributed by atoms with Crippen molar-refractivity contribution in [1.82, 2.24) is 14.5 Å². The fourth-order valence-corrected chi connectivity index (χ4v) is 6.52. The van der Waals surface area contributed by atoms with Crippen LogP contribution in [0.3, 0.4) is 0 Å². The van der Waals surface area contributed by atoms with Crippen molar-refractivity contribution in [2.45, 2.75) is 19.3 Å². The first-order valence-corrected chi connectivity index (χ1v) is 13.8. The fraction of sp³-hybridized carbons (Fsp3) is 0.0811. The second-order valence-electron chi connectivity index (χ2n) is 11.1. The molecule has 0 spiro atoms. The van der Waals surface area contributed by atoms with E-state index < -0.39 is 0 Å². The van der Waals surface area contributed by atoms with E-state index in [9.17, 15) is 0 Å². The molecule has 8 rings (SSSR count). The van der Waals surface area contributed by atoms with Gasteiger partial charge in [-0.3, -0.25) is 0 Å². The maximum absolute atomic E-state index is 5.30. The van der Waals surface area contributed by atoms with Crippen molar-refractivity contribution in [1.29, 1.82) is 0 Å². The summed E-state index contributed by atoms with van der Waals surface area (Å²) in [6.45, 7) is 4.60. The van der Waals surface area contributed by atoms with E-state index in [1.165, 1.54) is 38.5 Å². The summed E-state index contributed by atoms with van der Waals surface area (Å²) in [6, 6.07) is 45.1. The summed E-state index contributed by atoms with van der Waals surface area (Å²) >= 11 is 0. The number of benzene rings is 5. The summed E-state index contributed by atoms with van der Waals surface area (Å²) in [5.74, 6) is 0.758. The Morgan fingerprint density at radius 2 is 1.20 bits per heavy atom. The van der Waals surface area contributed by atoms with Gasteiger partial charge in [-0.25, -0.2) is 9.97 Å². The molecule has 3 nitrogen and oxygen atoms in total. The van der Waals surface area contributed by atoms with Crippen molar-refractivity contribution in [3.8, 4) is 39.6 Å². The summed E-state index contributed by atoms with van der Waals surface area (Å²) in [6.07, 6.45) is 0. The van der Waals surface area contributed by atoms with Crippen LogP contribution in [-0.4, -0.2) is 14.5 Å². The van der Waals surface area contributed by atoms with E-state index in [1.54, 1.807) is 0 Å². The Morgan fingerprint density at radius 1 is 0.550 bits per heavy atom. The highest BCUT2D eigenvalue weighted by molar-refractivity contribution is 6.10. The molecule has 3 heteroatoms. The third kappa shape index (κ3) is 3.24. The van der Waals surface area contributed by atoms with Crippen LogP contribution in [0.4, 0.5) is 0 Å². The molecule has 2 heterocycles. The molecule has 40 heavy (non-hydrogen) atoms. The van der Waals surface area contributed by atoms with Gasteiger partial charge in [-0.05, 0) is 35.9 Å². The molecule has 0 radical (unpaired) electrons. The summed E-state index contributed by atoms with van der Waals surface area (Å²) < 4.78 is 2.36. The van der Waals surface area contributed by atoms with E-state index in [4.69, 9.17) is 9.97 Å². The SMILES string of the molecule is CC1(C)c2ccccc2-c2nc(-c3ccccc3)nc(-c3ccc4c(c3)c3ccccc3n4-c3ccccc3)c21. The highest BCUT2D eigenvalue weighted by Crippen LogP contribution is 2.51. The van der Waals surface area contributed by atoms with E-state index in [0.29, 0.717) is 0 Å². The smallest absolute Gasteiger partial charge is 0.160 e. The molecule has 0 bridgehead atoms. The molecular weight excluding hydrogens is 486 g/mol. The quantitative estimate of drug-likeness (QED) is 0.236. The summed E-state index contributed by atoms with van der Waals surface area (Å²) in [5, 5.41) is 2.46. The van der Waals surface area contributed by atoms with Gasteiger partial charge in [0.2, 0.25) is 0 Å². The van der Waals surface area contributed by atoms with Crippen LogP contribution < -0.4 is 0 Å². The first-order chi connectivity index (χ1) is 19.6. The predicted octanol–water partition coefficient (Wildman–Crippen LogP) is 9.21. The minimum Gasteiger partial charge on any atom is -0.309 e. The Labute approximate surface area is 233 Å². The Bertz CT molecular complexity index is 2070. The zero-order valence-electron chi connectivity index (χ0n) is 22.5. The van der Waals surface area contributed by atoms with E-state index >= 15 is 0 Å². The van der Waals surface area contributed by atoms with Crippen LogP contribution in [0.25, 0.3) is 61.4 Å². The average molecular weight is 514 g/mol.